The molecule has 236 valence electrons. The number of alkyl carbamates (subject to hydrolysis) is 1. The van der Waals surface area contributed by atoms with Crippen LogP contribution in [0, 0.1) is 30.3 Å². The maximum Gasteiger partial charge on any atom is 0.407 e. The van der Waals surface area contributed by atoms with Crippen LogP contribution in [-0.4, -0.2) is 78.5 Å². The van der Waals surface area contributed by atoms with Gasteiger partial charge in [-0.15, -0.1) is 30.3 Å². The first-order chi connectivity index (χ1) is 19.6. The van der Waals surface area contributed by atoms with E-state index in [1.807, 2.05) is 0 Å². The second kappa shape index (κ2) is 23.7. The molecule has 0 aromatic heterocycles. The van der Waals surface area contributed by atoms with Crippen molar-refractivity contribution < 1.29 is 58.4 Å². The van der Waals surface area contributed by atoms with E-state index in [1.54, 1.807) is 6.92 Å². The van der Waals surface area contributed by atoms with Crippen molar-refractivity contribution in [2.24, 2.45) is 0 Å². The maximum absolute atomic E-state index is 12.0. The van der Waals surface area contributed by atoms with E-state index in [-0.39, 0.29) is 39.1 Å². The highest BCUT2D eigenvalue weighted by Gasteiger charge is 2.17. The molecule has 0 aliphatic rings. The van der Waals surface area contributed by atoms with Crippen LogP contribution >= 0.6 is 0 Å². The first-order valence-corrected chi connectivity index (χ1v) is 13.1. The molecule has 0 saturated carbocycles. The molecule has 19 heteroatoms. The molecule has 19 nitrogen and oxygen atoms in total. The van der Waals surface area contributed by atoms with Gasteiger partial charge in [-0.2, -0.15) is 0 Å². The van der Waals surface area contributed by atoms with Gasteiger partial charge in [-0.05, 0) is 64.2 Å². The van der Waals surface area contributed by atoms with E-state index in [0.29, 0.717) is 57.8 Å². The largest absolute Gasteiger partial charge is 0.466 e. The minimum atomic E-state index is -1.12. The number of carbonyl (C=O) groups is 3. The third kappa shape index (κ3) is 23.4. The molecule has 41 heavy (non-hydrogen) atoms. The molecule has 0 aliphatic carbocycles. The molecule has 0 aromatic rings. The lowest BCUT2D eigenvalue weighted by Gasteiger charge is -2.15. The van der Waals surface area contributed by atoms with Crippen molar-refractivity contribution in [1.82, 2.24) is 5.32 Å². The summed E-state index contributed by atoms with van der Waals surface area (Å²) < 4.78 is 15.0. The van der Waals surface area contributed by atoms with E-state index in [4.69, 9.17) is 14.2 Å². The number of unbranched alkanes of at least 4 members (excludes halogenated alkanes) is 3. The van der Waals surface area contributed by atoms with Crippen molar-refractivity contribution in [1.29, 1.82) is 0 Å². The van der Waals surface area contributed by atoms with Crippen molar-refractivity contribution >= 4 is 18.5 Å². The first-order valence-electron chi connectivity index (χ1n) is 13.1. The topological polar surface area (TPSA) is 248 Å². The molecular formula is C22H38N4O15. The molecule has 1 N–H and O–H groups in total. The lowest BCUT2D eigenvalue weighted by molar-refractivity contribution is -0.790. The Morgan fingerprint density at radius 1 is 0.780 bits per heavy atom. The number of nitrogens with zero attached hydrogens (tertiary/aromatic N) is 3. The molecule has 3 unspecified atom stereocenters. The quantitative estimate of drug-likeness (QED) is 0.0356. The van der Waals surface area contributed by atoms with Gasteiger partial charge in [0, 0.05) is 6.54 Å². The van der Waals surface area contributed by atoms with Gasteiger partial charge in [-0.25, -0.2) is 4.79 Å². The zero-order chi connectivity index (χ0) is 30.9. The number of ether oxygens (including phenoxy) is 3. The highest BCUT2D eigenvalue weighted by molar-refractivity contribution is 5.70. The Morgan fingerprint density at radius 2 is 1.34 bits per heavy atom. The molecule has 0 aliphatic heterocycles. The third-order valence-electron chi connectivity index (χ3n) is 5.49. The summed E-state index contributed by atoms with van der Waals surface area (Å²) in [5.74, 6) is -0.547. The Labute approximate surface area is 235 Å². The van der Waals surface area contributed by atoms with Crippen LogP contribution in [0.5, 0.6) is 0 Å². The van der Waals surface area contributed by atoms with Crippen molar-refractivity contribution in [3.05, 3.63) is 30.3 Å². The lowest BCUT2D eigenvalue weighted by Crippen LogP contribution is -2.26. The summed E-state index contributed by atoms with van der Waals surface area (Å²) in [6.07, 6.45) is 1.00. The summed E-state index contributed by atoms with van der Waals surface area (Å²) in [5, 5.41) is 30.6. The van der Waals surface area contributed by atoms with Crippen LogP contribution in [0.1, 0.15) is 77.6 Å². The fourth-order valence-corrected chi connectivity index (χ4v) is 3.46. The number of nitrogens with one attached hydrogen (secondary N) is 1. The molecule has 3 atom stereocenters. The predicted octanol–water partition coefficient (Wildman–Crippen LogP) is 2.47. The molecule has 0 bridgehead atoms. The first kappa shape index (κ1) is 36.8. The smallest absolute Gasteiger partial charge is 0.407 e. The summed E-state index contributed by atoms with van der Waals surface area (Å²) in [6, 6.07) is 0. The van der Waals surface area contributed by atoms with Gasteiger partial charge in [0.2, 0.25) is 0 Å². The fourth-order valence-electron chi connectivity index (χ4n) is 3.46. The zero-order valence-corrected chi connectivity index (χ0v) is 22.9. The van der Waals surface area contributed by atoms with Crippen molar-refractivity contribution in [3.8, 4) is 0 Å². The van der Waals surface area contributed by atoms with Crippen LogP contribution < -0.4 is 5.32 Å². The summed E-state index contributed by atoms with van der Waals surface area (Å²) in [6.45, 7) is 1.81. The molecule has 0 saturated heterocycles. The zero-order valence-electron chi connectivity index (χ0n) is 22.9. The minimum absolute atomic E-state index is 0.0102. The van der Waals surface area contributed by atoms with Gasteiger partial charge in [0.25, 0.3) is 21.7 Å². The Balaban J connectivity index is 4.00. The molecule has 0 heterocycles. The van der Waals surface area contributed by atoms with E-state index >= 15 is 0 Å². The lowest BCUT2D eigenvalue weighted by atomic mass is 10.1. The molecule has 0 rings (SSSR count). The highest BCUT2D eigenvalue weighted by atomic mass is 17.0. The van der Waals surface area contributed by atoms with Gasteiger partial charge < -0.3 is 34.0 Å². The average molecular weight is 599 g/mol. The number of amides is 1. The van der Waals surface area contributed by atoms with Crippen molar-refractivity contribution in [2.75, 3.05) is 26.4 Å². The SMILES string of the molecule is CCC(CCCCOC(=O)CC(CCCCNC(=O)OCCCCC(CO[N+](=O)[O-])O[N+](=O)[O-])OC=O)O[N+](=O)[O-]. The normalized spacial score (nSPS) is 12.6. The summed E-state index contributed by atoms with van der Waals surface area (Å²) in [7, 11) is 0. The van der Waals surface area contributed by atoms with Crippen LogP contribution in [0.3, 0.4) is 0 Å². The number of hydrogen-bond acceptors (Lipinski definition) is 15. The summed E-state index contributed by atoms with van der Waals surface area (Å²) in [4.78, 5) is 78.5. The summed E-state index contributed by atoms with van der Waals surface area (Å²) >= 11 is 0. The standard InChI is InChI=1S/C22H38N4O15/c1-2-18(40-25(32)33)9-4-7-13-36-21(28)15-19(38-17-27)10-3-6-12-23-22(29)37-14-8-5-11-20(41-26(34)35)16-39-24(30)31/h17-20H,2-16H2,1H3,(H,23,29). The van der Waals surface area contributed by atoms with E-state index in [9.17, 15) is 44.7 Å². The van der Waals surface area contributed by atoms with Crippen LogP contribution in [-0.2, 0) is 38.3 Å². The van der Waals surface area contributed by atoms with E-state index in [2.05, 4.69) is 19.8 Å². The van der Waals surface area contributed by atoms with Gasteiger partial charge in [-0.1, -0.05) is 6.92 Å². The van der Waals surface area contributed by atoms with Crippen molar-refractivity contribution in [3.63, 3.8) is 0 Å². The second-order valence-corrected chi connectivity index (χ2v) is 8.66. The molecule has 0 spiro atoms. The van der Waals surface area contributed by atoms with Gasteiger partial charge in [0.15, 0.2) is 0 Å². The van der Waals surface area contributed by atoms with Gasteiger partial charge in [0.05, 0.1) is 19.6 Å². The van der Waals surface area contributed by atoms with Crippen LogP contribution in [0.2, 0.25) is 0 Å². The Hall–Kier alpha value is -4.19. The highest BCUT2D eigenvalue weighted by Crippen LogP contribution is 2.12. The van der Waals surface area contributed by atoms with Crippen molar-refractivity contribution in [2.45, 2.75) is 95.9 Å². The molecule has 0 fully saturated rings. The Morgan fingerprint density at radius 3 is 1.93 bits per heavy atom. The van der Waals surface area contributed by atoms with Crippen LogP contribution in [0.4, 0.5) is 4.79 Å². The molecule has 1 amide bonds. The fraction of sp³-hybridized carbons (Fsp3) is 0.864. The van der Waals surface area contributed by atoms with Crippen LogP contribution in [0.15, 0.2) is 0 Å². The van der Waals surface area contributed by atoms with E-state index in [0.717, 1.165) is 0 Å². The number of rotatable bonds is 27. The average Bonchev–Trinajstić information content (AvgIpc) is 2.89. The second-order valence-electron chi connectivity index (χ2n) is 8.66. The maximum atomic E-state index is 12.0. The van der Waals surface area contributed by atoms with E-state index < -0.39 is 52.2 Å². The van der Waals surface area contributed by atoms with E-state index in [1.165, 1.54) is 0 Å². The minimum Gasteiger partial charge on any atom is -0.466 e. The Kier molecular flexibility index (Phi) is 21.3. The third-order valence-corrected chi connectivity index (χ3v) is 5.49. The Bertz CT molecular complexity index is 801. The number of esters is 1. The van der Waals surface area contributed by atoms with Gasteiger partial charge in [-0.3, -0.25) is 9.59 Å². The van der Waals surface area contributed by atoms with Gasteiger partial charge in [0.1, 0.15) is 24.9 Å². The molecule has 0 aromatic carbocycles. The molecule has 0 radical (unpaired) electrons. The monoisotopic (exact) mass is 598 g/mol. The van der Waals surface area contributed by atoms with Gasteiger partial charge >= 0.3 is 12.1 Å². The predicted molar refractivity (Wildman–Crippen MR) is 134 cm³/mol. The molecular weight excluding hydrogens is 560 g/mol. The number of hydrogen-bond donors (Lipinski definition) is 1. The van der Waals surface area contributed by atoms with Crippen LogP contribution in [0.25, 0.3) is 0 Å². The number of carbonyl (C=O) groups excluding carboxylic acids is 3. The summed E-state index contributed by atoms with van der Waals surface area (Å²) in [5.41, 5.74) is 0.